The number of carbonyl (C=O) groups is 1. The standard InChI is InChI=1S/C16H15ClN4O4/c17-11-3-4-14(21(23)24)13(8-11)16(22)20-7-1-2-12(9-20)25-15-5-6-18-10-19-15/h3-6,8,10,12H,1-2,7,9H2. The van der Waals surface area contributed by atoms with Crippen LogP contribution in [0, 0.1) is 10.1 Å². The molecule has 25 heavy (non-hydrogen) atoms. The fourth-order valence-corrected chi connectivity index (χ4v) is 2.92. The first kappa shape index (κ1) is 17.1. The molecule has 2 aromatic rings. The van der Waals surface area contributed by atoms with Gasteiger partial charge in [-0.25, -0.2) is 9.97 Å². The second-order valence-electron chi connectivity index (χ2n) is 5.60. The van der Waals surface area contributed by atoms with E-state index in [1.165, 1.54) is 24.5 Å². The molecule has 0 aliphatic carbocycles. The van der Waals surface area contributed by atoms with Crippen LogP contribution in [0.3, 0.4) is 0 Å². The molecule has 1 aliphatic heterocycles. The van der Waals surface area contributed by atoms with Crippen LogP contribution in [0.5, 0.6) is 5.88 Å². The van der Waals surface area contributed by atoms with Crippen LogP contribution >= 0.6 is 11.6 Å². The molecule has 0 saturated carbocycles. The van der Waals surface area contributed by atoms with Gasteiger partial charge in [-0.2, -0.15) is 0 Å². The number of benzene rings is 1. The van der Waals surface area contributed by atoms with E-state index in [1.54, 1.807) is 17.2 Å². The highest BCUT2D eigenvalue weighted by Gasteiger charge is 2.30. The highest BCUT2D eigenvalue weighted by atomic mass is 35.5. The fourth-order valence-electron chi connectivity index (χ4n) is 2.75. The van der Waals surface area contributed by atoms with E-state index in [1.807, 2.05) is 0 Å². The molecule has 0 N–H and O–H groups in total. The number of ether oxygens (including phenoxy) is 1. The van der Waals surface area contributed by atoms with E-state index in [-0.39, 0.29) is 22.4 Å². The normalized spacial score (nSPS) is 17.2. The van der Waals surface area contributed by atoms with Crippen molar-refractivity contribution in [3.63, 3.8) is 0 Å². The molecular weight excluding hydrogens is 348 g/mol. The van der Waals surface area contributed by atoms with Crippen molar-refractivity contribution in [3.05, 3.63) is 57.5 Å². The van der Waals surface area contributed by atoms with Crippen molar-refractivity contribution in [1.29, 1.82) is 0 Å². The first-order valence-corrected chi connectivity index (χ1v) is 8.08. The number of likely N-dealkylation sites (tertiary alicyclic amines) is 1. The van der Waals surface area contributed by atoms with Crippen molar-refractivity contribution >= 4 is 23.2 Å². The summed E-state index contributed by atoms with van der Waals surface area (Å²) >= 11 is 5.91. The van der Waals surface area contributed by atoms with Crippen LogP contribution in [0.15, 0.2) is 36.8 Å². The molecule has 1 aromatic heterocycles. The van der Waals surface area contributed by atoms with Gasteiger partial charge in [-0.15, -0.1) is 0 Å². The smallest absolute Gasteiger partial charge is 0.282 e. The number of rotatable bonds is 4. The molecule has 130 valence electrons. The summed E-state index contributed by atoms with van der Waals surface area (Å²) < 4.78 is 5.77. The minimum atomic E-state index is -0.581. The highest BCUT2D eigenvalue weighted by molar-refractivity contribution is 6.31. The van der Waals surface area contributed by atoms with Gasteiger partial charge in [0.05, 0.1) is 11.5 Å². The average Bonchev–Trinajstić information content (AvgIpc) is 2.62. The Kier molecular flexibility index (Phi) is 5.08. The minimum absolute atomic E-state index is 0.0137. The van der Waals surface area contributed by atoms with Gasteiger partial charge >= 0.3 is 0 Å². The summed E-state index contributed by atoms with van der Waals surface area (Å²) in [5.74, 6) is 0.00761. The van der Waals surface area contributed by atoms with Crippen molar-refractivity contribution in [2.45, 2.75) is 18.9 Å². The van der Waals surface area contributed by atoms with Crippen LogP contribution in [-0.4, -0.2) is 44.9 Å². The molecule has 1 fully saturated rings. The van der Waals surface area contributed by atoms with Crippen molar-refractivity contribution < 1.29 is 14.5 Å². The second-order valence-corrected chi connectivity index (χ2v) is 6.04. The third-order valence-corrected chi connectivity index (χ3v) is 4.13. The fraction of sp³-hybridized carbons (Fsp3) is 0.312. The topological polar surface area (TPSA) is 98.5 Å². The summed E-state index contributed by atoms with van der Waals surface area (Å²) in [6, 6.07) is 5.61. The summed E-state index contributed by atoms with van der Waals surface area (Å²) in [6.45, 7) is 0.832. The van der Waals surface area contributed by atoms with E-state index >= 15 is 0 Å². The minimum Gasteiger partial charge on any atom is -0.472 e. The number of hydrogen-bond acceptors (Lipinski definition) is 6. The quantitative estimate of drug-likeness (QED) is 0.612. The number of piperidine rings is 1. The zero-order valence-corrected chi connectivity index (χ0v) is 13.9. The van der Waals surface area contributed by atoms with Gasteiger partial charge in [0.25, 0.3) is 11.6 Å². The number of nitrogens with zero attached hydrogens (tertiary/aromatic N) is 4. The Balaban J connectivity index is 1.76. The first-order valence-electron chi connectivity index (χ1n) is 7.70. The number of nitro benzene ring substituents is 1. The highest BCUT2D eigenvalue weighted by Crippen LogP contribution is 2.26. The van der Waals surface area contributed by atoms with E-state index in [9.17, 15) is 14.9 Å². The third-order valence-electron chi connectivity index (χ3n) is 3.89. The summed E-state index contributed by atoms with van der Waals surface area (Å²) in [7, 11) is 0. The van der Waals surface area contributed by atoms with Crippen molar-refractivity contribution in [2.75, 3.05) is 13.1 Å². The summed E-state index contributed by atoms with van der Waals surface area (Å²) in [6.07, 6.45) is 4.23. The van der Waals surface area contributed by atoms with Crippen molar-refractivity contribution in [2.24, 2.45) is 0 Å². The number of carbonyl (C=O) groups excluding carboxylic acids is 1. The second kappa shape index (κ2) is 7.43. The molecule has 1 saturated heterocycles. The maximum absolute atomic E-state index is 12.8. The van der Waals surface area contributed by atoms with Crippen LogP contribution in [0.25, 0.3) is 0 Å². The summed E-state index contributed by atoms with van der Waals surface area (Å²) in [4.78, 5) is 32.7. The Labute approximate surface area is 148 Å². The predicted octanol–water partition coefficient (Wildman–Crippen LogP) is 2.72. The number of amides is 1. The van der Waals surface area contributed by atoms with E-state index in [0.717, 1.165) is 12.8 Å². The maximum Gasteiger partial charge on any atom is 0.282 e. The molecule has 1 aromatic carbocycles. The first-order chi connectivity index (χ1) is 12.0. The van der Waals surface area contributed by atoms with Crippen LogP contribution in [0.2, 0.25) is 5.02 Å². The SMILES string of the molecule is O=C(c1cc(Cl)ccc1[N+](=O)[O-])N1CCCC(Oc2ccncn2)C1. The van der Waals surface area contributed by atoms with E-state index in [0.29, 0.717) is 19.0 Å². The Morgan fingerprint density at radius 3 is 2.96 bits per heavy atom. The molecule has 1 unspecified atom stereocenters. The van der Waals surface area contributed by atoms with Crippen molar-refractivity contribution in [1.82, 2.24) is 14.9 Å². The zero-order chi connectivity index (χ0) is 17.8. The van der Waals surface area contributed by atoms with Gasteiger partial charge in [0.1, 0.15) is 18.0 Å². The number of aromatic nitrogens is 2. The molecule has 9 heteroatoms. The summed E-state index contributed by atoms with van der Waals surface area (Å²) in [5, 5.41) is 11.5. The Morgan fingerprint density at radius 1 is 1.40 bits per heavy atom. The van der Waals surface area contributed by atoms with Gasteiger partial charge in [0.15, 0.2) is 0 Å². The van der Waals surface area contributed by atoms with Gasteiger partial charge < -0.3 is 9.64 Å². The maximum atomic E-state index is 12.8. The number of halogens is 1. The number of hydrogen-bond donors (Lipinski definition) is 0. The lowest BCUT2D eigenvalue weighted by molar-refractivity contribution is -0.385. The van der Waals surface area contributed by atoms with Gasteiger partial charge in [-0.05, 0) is 25.0 Å². The van der Waals surface area contributed by atoms with Crippen LogP contribution in [-0.2, 0) is 0 Å². The lowest BCUT2D eigenvalue weighted by atomic mass is 10.1. The summed E-state index contributed by atoms with van der Waals surface area (Å²) in [5.41, 5.74) is -0.270. The van der Waals surface area contributed by atoms with Crippen molar-refractivity contribution in [3.8, 4) is 5.88 Å². The zero-order valence-electron chi connectivity index (χ0n) is 13.2. The molecular formula is C16H15ClN4O4. The van der Waals surface area contributed by atoms with Gasteiger partial charge in [-0.3, -0.25) is 14.9 Å². The van der Waals surface area contributed by atoms with E-state index in [4.69, 9.17) is 16.3 Å². The molecule has 1 atom stereocenters. The molecule has 3 rings (SSSR count). The van der Waals surface area contributed by atoms with Gasteiger partial charge in [-0.1, -0.05) is 11.6 Å². The van der Waals surface area contributed by atoms with Crippen LogP contribution in [0.1, 0.15) is 23.2 Å². The average molecular weight is 363 g/mol. The Morgan fingerprint density at radius 2 is 2.24 bits per heavy atom. The predicted molar refractivity (Wildman–Crippen MR) is 89.7 cm³/mol. The molecule has 0 radical (unpaired) electrons. The molecule has 2 heterocycles. The molecule has 0 bridgehead atoms. The lowest BCUT2D eigenvalue weighted by Gasteiger charge is -2.32. The van der Waals surface area contributed by atoms with Gasteiger partial charge in [0, 0.05) is 29.9 Å². The van der Waals surface area contributed by atoms with E-state index < -0.39 is 10.8 Å². The molecule has 1 amide bonds. The van der Waals surface area contributed by atoms with Crippen LogP contribution < -0.4 is 4.74 Å². The third kappa shape index (κ3) is 4.03. The van der Waals surface area contributed by atoms with Crippen LogP contribution in [0.4, 0.5) is 5.69 Å². The Bertz CT molecular complexity index is 787. The lowest BCUT2D eigenvalue weighted by Crippen LogP contribution is -2.44. The van der Waals surface area contributed by atoms with E-state index in [2.05, 4.69) is 9.97 Å². The molecule has 1 aliphatic rings. The monoisotopic (exact) mass is 362 g/mol. The van der Waals surface area contributed by atoms with Gasteiger partial charge in [0.2, 0.25) is 5.88 Å². The Hall–Kier alpha value is -2.74. The largest absolute Gasteiger partial charge is 0.472 e. The number of nitro groups is 1. The molecule has 0 spiro atoms. The molecule has 8 nitrogen and oxygen atoms in total.